The smallest absolute Gasteiger partial charge is 0.337 e. The highest BCUT2D eigenvalue weighted by molar-refractivity contribution is 7.90. The van der Waals surface area contributed by atoms with Crippen LogP contribution >= 0.6 is 11.6 Å². The summed E-state index contributed by atoms with van der Waals surface area (Å²) in [5.74, 6) is -2.36. The zero-order valence-electron chi connectivity index (χ0n) is 11.4. The molecule has 0 bridgehead atoms. The molecule has 23 heavy (non-hydrogen) atoms. The third-order valence-electron chi connectivity index (χ3n) is 3.36. The van der Waals surface area contributed by atoms with Crippen molar-refractivity contribution >= 4 is 38.5 Å². The van der Waals surface area contributed by atoms with Gasteiger partial charge in [-0.05, 0) is 18.2 Å². The Morgan fingerprint density at radius 2 is 1.83 bits per heavy atom. The van der Waals surface area contributed by atoms with Crippen LogP contribution in [-0.2, 0) is 10.0 Å². The van der Waals surface area contributed by atoms with E-state index in [9.17, 15) is 22.7 Å². The molecule has 0 aliphatic heterocycles. The second-order valence-electron chi connectivity index (χ2n) is 4.72. The maximum atomic E-state index is 14.1. The van der Waals surface area contributed by atoms with E-state index in [1.54, 1.807) is 12.1 Å². The van der Waals surface area contributed by atoms with Gasteiger partial charge in [-0.3, -0.25) is 0 Å². The molecule has 0 unspecified atom stereocenters. The van der Waals surface area contributed by atoms with Gasteiger partial charge in [0.25, 0.3) is 10.0 Å². The van der Waals surface area contributed by atoms with Crippen LogP contribution in [0.5, 0.6) is 0 Å². The zero-order chi connectivity index (χ0) is 16.8. The van der Waals surface area contributed by atoms with Gasteiger partial charge in [0.05, 0.1) is 16.1 Å². The average Bonchev–Trinajstić information content (AvgIpc) is 2.90. The Labute approximate surface area is 135 Å². The average molecular weight is 354 g/mol. The summed E-state index contributed by atoms with van der Waals surface area (Å²) in [4.78, 5) is 10.7. The fourth-order valence-electron chi connectivity index (χ4n) is 2.31. The monoisotopic (exact) mass is 353 g/mol. The van der Waals surface area contributed by atoms with Crippen LogP contribution in [0.15, 0.2) is 53.6 Å². The van der Waals surface area contributed by atoms with Crippen LogP contribution in [0, 0.1) is 5.82 Å². The third kappa shape index (κ3) is 2.38. The molecule has 0 aliphatic carbocycles. The molecule has 1 N–H and O–H groups in total. The Balaban J connectivity index is 2.36. The van der Waals surface area contributed by atoms with E-state index in [1.807, 2.05) is 0 Å². The first-order chi connectivity index (χ1) is 10.8. The number of hydrogen-bond donors (Lipinski definition) is 1. The van der Waals surface area contributed by atoms with Crippen molar-refractivity contribution in [2.24, 2.45) is 0 Å². The number of hydrogen-bond acceptors (Lipinski definition) is 3. The van der Waals surface area contributed by atoms with Crippen LogP contribution in [0.1, 0.15) is 10.4 Å². The third-order valence-corrected chi connectivity index (χ3v) is 5.34. The fourth-order valence-corrected chi connectivity index (χ4v) is 4.00. The zero-order valence-corrected chi connectivity index (χ0v) is 13.0. The predicted octanol–water partition coefficient (Wildman–Crippen LogP) is 3.37. The molecule has 0 aliphatic rings. The molecule has 118 valence electrons. The molecular formula is C15H9ClFNO4S. The number of halogens is 2. The number of carboxylic acids is 1. The van der Waals surface area contributed by atoms with Crippen molar-refractivity contribution in [3.63, 3.8) is 0 Å². The molecule has 0 radical (unpaired) electrons. The Morgan fingerprint density at radius 1 is 1.13 bits per heavy atom. The maximum absolute atomic E-state index is 14.1. The van der Waals surface area contributed by atoms with E-state index in [0.717, 1.165) is 16.2 Å². The van der Waals surface area contributed by atoms with Gasteiger partial charge in [-0.2, -0.15) is 0 Å². The van der Waals surface area contributed by atoms with Crippen LogP contribution in [0.25, 0.3) is 10.9 Å². The van der Waals surface area contributed by atoms with Crippen LogP contribution in [-0.4, -0.2) is 23.5 Å². The summed E-state index contributed by atoms with van der Waals surface area (Å²) in [5.41, 5.74) is -0.0455. The topological polar surface area (TPSA) is 76.4 Å². The van der Waals surface area contributed by atoms with Crippen LogP contribution in [0.2, 0.25) is 5.02 Å². The molecule has 0 spiro atoms. The van der Waals surface area contributed by atoms with E-state index >= 15 is 0 Å². The molecular weight excluding hydrogens is 345 g/mol. The highest BCUT2D eigenvalue weighted by Crippen LogP contribution is 2.29. The van der Waals surface area contributed by atoms with Gasteiger partial charge in [-0.15, -0.1) is 0 Å². The molecule has 0 amide bonds. The summed E-state index contributed by atoms with van der Waals surface area (Å²) in [6.07, 6.45) is 0.961. The molecule has 2 aromatic carbocycles. The van der Waals surface area contributed by atoms with Crippen molar-refractivity contribution in [2.45, 2.75) is 4.90 Å². The number of para-hydroxylation sites is 1. The van der Waals surface area contributed by atoms with E-state index in [0.29, 0.717) is 0 Å². The number of carboxylic acid groups (broad SMARTS) is 1. The van der Waals surface area contributed by atoms with Crippen molar-refractivity contribution in [1.82, 2.24) is 3.97 Å². The molecule has 1 heterocycles. The molecule has 0 saturated carbocycles. The first kappa shape index (κ1) is 15.5. The van der Waals surface area contributed by atoms with Crippen molar-refractivity contribution in [2.75, 3.05) is 0 Å². The number of carbonyl (C=O) groups is 1. The van der Waals surface area contributed by atoms with Crippen molar-refractivity contribution in [3.05, 3.63) is 65.1 Å². The molecule has 8 heteroatoms. The summed E-state index contributed by atoms with van der Waals surface area (Å²) in [6, 6.07) is 9.70. The van der Waals surface area contributed by atoms with Crippen molar-refractivity contribution in [3.8, 4) is 0 Å². The van der Waals surface area contributed by atoms with Gasteiger partial charge in [0.1, 0.15) is 4.90 Å². The molecule has 0 fully saturated rings. The second-order valence-corrected chi connectivity index (χ2v) is 6.91. The minimum absolute atomic E-state index is 0.143. The molecule has 0 atom stereocenters. The SMILES string of the molecule is O=C(O)c1cn(S(=O)(=O)c2cccc(Cl)c2F)c2ccccc12. The summed E-state index contributed by atoms with van der Waals surface area (Å²) in [5, 5.41) is 9.14. The van der Waals surface area contributed by atoms with E-state index < -0.39 is 26.7 Å². The van der Waals surface area contributed by atoms with Gasteiger partial charge < -0.3 is 5.11 Å². The minimum Gasteiger partial charge on any atom is -0.478 e. The summed E-state index contributed by atoms with van der Waals surface area (Å²) >= 11 is 5.64. The van der Waals surface area contributed by atoms with Gasteiger partial charge >= 0.3 is 5.97 Å². The Bertz CT molecular complexity index is 1040. The molecule has 3 rings (SSSR count). The quantitative estimate of drug-likeness (QED) is 0.783. The highest BCUT2D eigenvalue weighted by atomic mass is 35.5. The van der Waals surface area contributed by atoms with Gasteiger partial charge in [-0.1, -0.05) is 35.9 Å². The number of aromatic nitrogens is 1. The molecule has 1 aromatic heterocycles. The molecule has 5 nitrogen and oxygen atoms in total. The first-order valence-corrected chi connectivity index (χ1v) is 8.19. The maximum Gasteiger partial charge on any atom is 0.337 e. The molecule has 3 aromatic rings. The standard InChI is InChI=1S/C15H9ClFNO4S/c16-11-5-3-7-13(14(11)17)23(21,22)18-8-10(15(19)20)9-4-1-2-6-12(9)18/h1-8H,(H,19,20). The number of nitrogens with zero attached hydrogens (tertiary/aromatic N) is 1. The van der Waals surface area contributed by atoms with Crippen molar-refractivity contribution in [1.29, 1.82) is 0 Å². The lowest BCUT2D eigenvalue weighted by Crippen LogP contribution is -2.14. The summed E-state index contributed by atoms with van der Waals surface area (Å²) < 4.78 is 40.3. The van der Waals surface area contributed by atoms with E-state index in [1.165, 1.54) is 24.3 Å². The normalized spacial score (nSPS) is 11.7. The van der Waals surface area contributed by atoms with Crippen molar-refractivity contribution < 1.29 is 22.7 Å². The number of fused-ring (bicyclic) bond motifs is 1. The van der Waals surface area contributed by atoms with Crippen LogP contribution in [0.4, 0.5) is 4.39 Å². The predicted molar refractivity (Wildman–Crippen MR) is 82.9 cm³/mol. The van der Waals surface area contributed by atoms with E-state index in [2.05, 4.69) is 0 Å². The van der Waals surface area contributed by atoms with Gasteiger partial charge in [0.15, 0.2) is 5.82 Å². The lowest BCUT2D eigenvalue weighted by atomic mass is 10.2. The first-order valence-electron chi connectivity index (χ1n) is 6.37. The number of aromatic carboxylic acids is 1. The van der Waals surface area contributed by atoms with E-state index in [-0.39, 0.29) is 21.5 Å². The van der Waals surface area contributed by atoms with Gasteiger partial charge in [0.2, 0.25) is 0 Å². The van der Waals surface area contributed by atoms with Gasteiger partial charge in [-0.25, -0.2) is 21.6 Å². The van der Waals surface area contributed by atoms with E-state index in [4.69, 9.17) is 11.6 Å². The molecule has 0 saturated heterocycles. The number of benzene rings is 2. The second kappa shape index (κ2) is 5.36. The Morgan fingerprint density at radius 3 is 2.52 bits per heavy atom. The highest BCUT2D eigenvalue weighted by Gasteiger charge is 2.26. The summed E-state index contributed by atoms with van der Waals surface area (Å²) in [6.45, 7) is 0. The van der Waals surface area contributed by atoms with Gasteiger partial charge in [0, 0.05) is 11.6 Å². The fraction of sp³-hybridized carbons (Fsp3) is 0. The lowest BCUT2D eigenvalue weighted by Gasteiger charge is -2.09. The van der Waals surface area contributed by atoms with Crippen LogP contribution in [0.3, 0.4) is 0 Å². The number of rotatable bonds is 3. The minimum atomic E-state index is -4.34. The summed E-state index contributed by atoms with van der Waals surface area (Å²) in [7, 11) is -4.34. The lowest BCUT2D eigenvalue weighted by molar-refractivity contribution is 0.0699. The largest absolute Gasteiger partial charge is 0.478 e. The van der Waals surface area contributed by atoms with Crippen LogP contribution < -0.4 is 0 Å². The Kier molecular flexibility index (Phi) is 3.62. The Hall–Kier alpha value is -2.38.